The van der Waals surface area contributed by atoms with Crippen LogP contribution in [0, 0.1) is 24.2 Å². The zero-order chi connectivity index (χ0) is 19.2. The lowest BCUT2D eigenvalue weighted by molar-refractivity contribution is -0.174. The van der Waals surface area contributed by atoms with Crippen LogP contribution >= 0.6 is 0 Å². The van der Waals surface area contributed by atoms with Crippen LogP contribution in [0.3, 0.4) is 0 Å². The monoisotopic (exact) mass is 366 g/mol. The molecule has 2 atom stereocenters. The molecule has 0 radical (unpaired) electrons. The minimum Gasteiger partial charge on any atom is -0.447 e. The highest BCUT2D eigenvalue weighted by atomic mass is 19.4. The number of hydrogen-bond acceptors (Lipinski definition) is 3. The number of nitriles is 1. The molecule has 0 aromatic heterocycles. The Morgan fingerprint density at radius 1 is 1.28 bits per heavy atom. The van der Waals surface area contributed by atoms with E-state index in [-0.39, 0.29) is 5.69 Å². The Labute approximate surface area is 138 Å². The highest BCUT2D eigenvalue weighted by Gasteiger charge is 2.50. The van der Waals surface area contributed by atoms with Crippen molar-refractivity contribution in [2.24, 2.45) is 5.92 Å². The normalized spacial score (nSPS) is 19.6. The summed E-state index contributed by atoms with van der Waals surface area (Å²) in [6, 6.07) is 1.74. The van der Waals surface area contributed by atoms with Crippen molar-refractivity contribution < 1.29 is 35.9 Å². The summed E-state index contributed by atoms with van der Waals surface area (Å²) in [6.45, 7) is 1.23. The molecule has 0 N–H and O–H groups in total. The van der Waals surface area contributed by atoms with Gasteiger partial charge in [-0.1, -0.05) is 6.92 Å². The smallest absolute Gasteiger partial charge is 0.418 e. The van der Waals surface area contributed by atoms with Gasteiger partial charge in [0.1, 0.15) is 6.61 Å². The highest BCUT2D eigenvalue weighted by Crippen LogP contribution is 2.41. The van der Waals surface area contributed by atoms with Crippen molar-refractivity contribution in [1.82, 2.24) is 0 Å². The largest absolute Gasteiger partial charge is 0.447 e. The molecule has 1 amide bonds. The fraction of sp³-hybridized carbons (Fsp3) is 0.467. The Morgan fingerprint density at radius 2 is 1.88 bits per heavy atom. The third-order valence-corrected chi connectivity index (χ3v) is 4.10. The van der Waals surface area contributed by atoms with Crippen LogP contribution in [0.25, 0.3) is 0 Å². The molecule has 1 aromatic rings. The summed E-state index contributed by atoms with van der Waals surface area (Å²) < 4.78 is 83.3. The van der Waals surface area contributed by atoms with Gasteiger partial charge < -0.3 is 4.74 Å². The summed E-state index contributed by atoms with van der Waals surface area (Å²) in [6.07, 6.45) is -10.7. The van der Waals surface area contributed by atoms with E-state index in [0.717, 1.165) is 26.0 Å². The predicted octanol–water partition coefficient (Wildman–Crippen LogP) is 4.41. The fourth-order valence-corrected chi connectivity index (χ4v) is 2.72. The van der Waals surface area contributed by atoms with E-state index >= 15 is 0 Å². The number of hydrogen-bond donors (Lipinski definition) is 0. The molecule has 0 saturated carbocycles. The van der Waals surface area contributed by atoms with Gasteiger partial charge >= 0.3 is 18.4 Å². The van der Waals surface area contributed by atoms with Crippen molar-refractivity contribution >= 4 is 11.8 Å². The lowest BCUT2D eigenvalue weighted by atomic mass is 9.96. The van der Waals surface area contributed by atoms with Crippen LogP contribution in [0.2, 0.25) is 0 Å². The molecule has 2 unspecified atom stereocenters. The molecule has 4 nitrogen and oxygen atoms in total. The predicted molar refractivity (Wildman–Crippen MR) is 73.7 cm³/mol. The van der Waals surface area contributed by atoms with Crippen LogP contribution in [-0.4, -0.2) is 24.9 Å². The van der Waals surface area contributed by atoms with E-state index in [9.17, 15) is 31.1 Å². The first-order chi connectivity index (χ1) is 11.4. The van der Waals surface area contributed by atoms with E-state index in [1.807, 2.05) is 0 Å². The molecule has 1 fully saturated rings. The van der Waals surface area contributed by atoms with Crippen LogP contribution in [0.5, 0.6) is 0 Å². The minimum absolute atomic E-state index is 0.366. The van der Waals surface area contributed by atoms with Gasteiger partial charge in [-0.15, -0.1) is 0 Å². The topological polar surface area (TPSA) is 53.3 Å². The maximum atomic E-state index is 13.2. The minimum atomic E-state index is -4.90. The van der Waals surface area contributed by atoms with Gasteiger partial charge in [-0.05, 0) is 24.6 Å². The molecule has 0 spiro atoms. The maximum Gasteiger partial charge on any atom is 0.418 e. The number of carbonyl (C=O) groups is 1. The molecule has 1 saturated heterocycles. The molecule has 1 heterocycles. The molecule has 25 heavy (non-hydrogen) atoms. The number of halogens is 6. The summed E-state index contributed by atoms with van der Waals surface area (Å²) in [5.74, 6) is -2.01. The SMILES string of the molecule is Cc1c(N2C(=O)OCC2C(C)C(F)(F)F)ccc(C#N)c1C(F)(F)F. The van der Waals surface area contributed by atoms with E-state index in [2.05, 4.69) is 4.74 Å². The lowest BCUT2D eigenvalue weighted by Crippen LogP contribution is -2.44. The summed E-state index contributed by atoms with van der Waals surface area (Å²) >= 11 is 0. The third kappa shape index (κ3) is 3.36. The summed E-state index contributed by atoms with van der Waals surface area (Å²) in [5, 5.41) is 8.86. The Morgan fingerprint density at radius 3 is 2.36 bits per heavy atom. The standard InChI is InChI=1S/C15H12F6N2O2/c1-7-10(4-3-9(5-22)12(7)15(19,20)21)23-11(6-25-13(23)24)8(2)14(16,17)18/h3-4,8,11H,6H2,1-2H3. The summed E-state index contributed by atoms with van der Waals surface area (Å²) in [4.78, 5) is 12.4. The highest BCUT2D eigenvalue weighted by molar-refractivity contribution is 5.91. The Bertz CT molecular complexity index is 735. The van der Waals surface area contributed by atoms with Crippen LogP contribution in [0.4, 0.5) is 36.8 Å². The van der Waals surface area contributed by atoms with E-state index < -0.39 is 53.7 Å². The van der Waals surface area contributed by atoms with E-state index in [1.54, 1.807) is 0 Å². The van der Waals surface area contributed by atoms with E-state index in [4.69, 9.17) is 5.26 Å². The number of anilines is 1. The average molecular weight is 366 g/mol. The molecular formula is C15H12F6N2O2. The molecule has 0 aliphatic carbocycles. The quantitative estimate of drug-likeness (QED) is 0.729. The fourth-order valence-electron chi connectivity index (χ4n) is 2.72. The maximum absolute atomic E-state index is 13.2. The van der Waals surface area contributed by atoms with Gasteiger partial charge in [0.05, 0.1) is 34.8 Å². The van der Waals surface area contributed by atoms with Gasteiger partial charge in [-0.3, -0.25) is 4.90 Å². The Balaban J connectivity index is 2.60. The number of ether oxygens (including phenoxy) is 1. The second kappa shape index (κ2) is 6.13. The summed E-state index contributed by atoms with van der Waals surface area (Å²) in [5.41, 5.74) is -2.84. The summed E-state index contributed by atoms with van der Waals surface area (Å²) in [7, 11) is 0. The number of benzene rings is 1. The second-order valence-electron chi connectivity index (χ2n) is 5.59. The van der Waals surface area contributed by atoms with Crippen LogP contribution in [0.1, 0.15) is 23.6 Å². The zero-order valence-electron chi connectivity index (χ0n) is 13.0. The average Bonchev–Trinajstić information content (AvgIpc) is 2.85. The second-order valence-corrected chi connectivity index (χ2v) is 5.59. The van der Waals surface area contributed by atoms with Crippen molar-refractivity contribution in [2.75, 3.05) is 11.5 Å². The van der Waals surface area contributed by atoms with Crippen LogP contribution < -0.4 is 4.90 Å². The Kier molecular flexibility index (Phi) is 4.63. The molecule has 1 aliphatic rings. The molecule has 0 bridgehead atoms. The molecule has 1 aromatic carbocycles. The lowest BCUT2D eigenvalue weighted by Gasteiger charge is -2.30. The number of carbonyl (C=O) groups excluding carboxylic acids is 1. The number of nitrogens with zero attached hydrogens (tertiary/aromatic N) is 2. The number of amides is 1. The first-order valence-corrected chi connectivity index (χ1v) is 7.03. The number of alkyl halides is 6. The van der Waals surface area contributed by atoms with Crippen molar-refractivity contribution in [1.29, 1.82) is 5.26 Å². The molecule has 2 rings (SSSR count). The van der Waals surface area contributed by atoms with Crippen molar-refractivity contribution in [3.8, 4) is 6.07 Å². The van der Waals surface area contributed by atoms with Crippen molar-refractivity contribution in [3.05, 3.63) is 28.8 Å². The first-order valence-electron chi connectivity index (χ1n) is 7.03. The molecule has 1 aliphatic heterocycles. The molecule has 136 valence electrons. The van der Waals surface area contributed by atoms with Gasteiger partial charge in [0, 0.05) is 0 Å². The van der Waals surface area contributed by atoms with Crippen molar-refractivity contribution in [2.45, 2.75) is 32.2 Å². The van der Waals surface area contributed by atoms with Gasteiger partial charge in [-0.25, -0.2) is 4.79 Å². The van der Waals surface area contributed by atoms with Gasteiger partial charge in [0.25, 0.3) is 0 Å². The zero-order valence-corrected chi connectivity index (χ0v) is 13.0. The molecular weight excluding hydrogens is 354 g/mol. The van der Waals surface area contributed by atoms with E-state index in [0.29, 0.717) is 4.90 Å². The van der Waals surface area contributed by atoms with Gasteiger partial charge in [-0.2, -0.15) is 31.6 Å². The van der Waals surface area contributed by atoms with Gasteiger partial charge in [0.15, 0.2) is 0 Å². The Hall–Kier alpha value is -2.44. The van der Waals surface area contributed by atoms with E-state index in [1.165, 1.54) is 6.07 Å². The molecule has 10 heteroatoms. The third-order valence-electron chi connectivity index (χ3n) is 4.10. The first kappa shape index (κ1) is 18.9. The van der Waals surface area contributed by atoms with Gasteiger partial charge in [0.2, 0.25) is 0 Å². The number of rotatable bonds is 2. The number of cyclic esters (lactones) is 1. The van der Waals surface area contributed by atoms with Crippen LogP contribution in [-0.2, 0) is 10.9 Å². The van der Waals surface area contributed by atoms with Crippen LogP contribution in [0.15, 0.2) is 12.1 Å². The van der Waals surface area contributed by atoms with Crippen molar-refractivity contribution in [3.63, 3.8) is 0 Å².